The summed E-state index contributed by atoms with van der Waals surface area (Å²) in [7, 11) is 0. The van der Waals surface area contributed by atoms with Gasteiger partial charge in [0, 0.05) is 22.7 Å². The number of rotatable bonds is 3. The Kier molecular flexibility index (Phi) is 3.36. The van der Waals surface area contributed by atoms with E-state index < -0.39 is 0 Å². The molecular formula is C16H15ClN2O. The van der Waals surface area contributed by atoms with Gasteiger partial charge in [-0.15, -0.1) is 0 Å². The van der Waals surface area contributed by atoms with Gasteiger partial charge in [0.1, 0.15) is 0 Å². The Hall–Kier alpha value is -2.00. The molecule has 0 aliphatic heterocycles. The number of carbonyl (C=O) groups excluding carboxylic acids is 1. The summed E-state index contributed by atoms with van der Waals surface area (Å²) < 4.78 is 0. The first-order valence-corrected chi connectivity index (χ1v) is 6.94. The summed E-state index contributed by atoms with van der Waals surface area (Å²) in [5, 5.41) is 3.52. The Bertz CT molecular complexity index is 642. The second-order valence-corrected chi connectivity index (χ2v) is 5.50. The molecule has 1 saturated carbocycles. The molecule has 4 heteroatoms. The molecule has 3 rings (SSSR count). The number of hydrogen-bond donors (Lipinski definition) is 2. The second kappa shape index (κ2) is 5.17. The van der Waals surface area contributed by atoms with Crippen LogP contribution in [-0.4, -0.2) is 11.9 Å². The lowest BCUT2D eigenvalue weighted by atomic mass is 10.1. The third kappa shape index (κ3) is 2.63. The molecule has 0 saturated heterocycles. The number of amides is 1. The van der Waals surface area contributed by atoms with Gasteiger partial charge in [0.15, 0.2) is 0 Å². The molecule has 1 aliphatic carbocycles. The van der Waals surface area contributed by atoms with Crippen LogP contribution in [0.4, 0.5) is 5.69 Å². The smallest absolute Gasteiger partial charge is 0.253 e. The van der Waals surface area contributed by atoms with E-state index in [2.05, 4.69) is 17.4 Å². The van der Waals surface area contributed by atoms with Gasteiger partial charge in [-0.1, -0.05) is 41.9 Å². The minimum atomic E-state index is -0.159. The van der Waals surface area contributed by atoms with Crippen molar-refractivity contribution >= 4 is 23.2 Å². The van der Waals surface area contributed by atoms with Crippen LogP contribution in [0.1, 0.15) is 28.3 Å². The lowest BCUT2D eigenvalue weighted by Gasteiger charge is -2.08. The number of benzene rings is 2. The maximum atomic E-state index is 12.2. The highest BCUT2D eigenvalue weighted by Gasteiger charge is 2.39. The lowest BCUT2D eigenvalue weighted by Crippen LogP contribution is -2.27. The average molecular weight is 287 g/mol. The van der Waals surface area contributed by atoms with Crippen molar-refractivity contribution in [3.63, 3.8) is 0 Å². The Morgan fingerprint density at radius 2 is 1.95 bits per heavy atom. The van der Waals surface area contributed by atoms with E-state index in [4.69, 9.17) is 17.3 Å². The van der Waals surface area contributed by atoms with Gasteiger partial charge in [-0.05, 0) is 30.2 Å². The van der Waals surface area contributed by atoms with Crippen molar-refractivity contribution in [2.75, 3.05) is 5.73 Å². The van der Waals surface area contributed by atoms with E-state index in [1.54, 1.807) is 18.2 Å². The van der Waals surface area contributed by atoms with Crippen molar-refractivity contribution in [3.8, 4) is 0 Å². The number of nitrogens with one attached hydrogen (secondary N) is 1. The van der Waals surface area contributed by atoms with Crippen LogP contribution in [0.25, 0.3) is 0 Å². The second-order valence-electron chi connectivity index (χ2n) is 5.06. The average Bonchev–Trinajstić information content (AvgIpc) is 3.21. The fraction of sp³-hybridized carbons (Fsp3) is 0.188. The molecule has 0 aromatic heterocycles. The van der Waals surface area contributed by atoms with Gasteiger partial charge in [0.2, 0.25) is 0 Å². The van der Waals surface area contributed by atoms with E-state index in [1.165, 1.54) is 5.56 Å². The molecule has 0 bridgehead atoms. The number of nitrogen functional groups attached to an aromatic ring is 1. The fourth-order valence-corrected chi connectivity index (χ4v) is 2.57. The highest BCUT2D eigenvalue weighted by molar-refractivity contribution is 6.31. The van der Waals surface area contributed by atoms with E-state index in [0.717, 1.165) is 6.42 Å². The Labute approximate surface area is 122 Å². The van der Waals surface area contributed by atoms with Crippen LogP contribution in [-0.2, 0) is 0 Å². The molecule has 2 unspecified atom stereocenters. The molecule has 1 aliphatic rings. The van der Waals surface area contributed by atoms with Crippen molar-refractivity contribution in [1.29, 1.82) is 0 Å². The summed E-state index contributed by atoms with van der Waals surface area (Å²) in [4.78, 5) is 12.2. The standard InChI is InChI=1S/C16H15ClN2O/c17-11-6-7-14(18)13(8-11)16(20)19-15-9-12(15)10-4-2-1-3-5-10/h1-8,12,15H,9,18H2,(H,19,20). The summed E-state index contributed by atoms with van der Waals surface area (Å²) in [6.07, 6.45) is 0.968. The normalized spacial score (nSPS) is 20.4. The third-order valence-electron chi connectivity index (χ3n) is 3.59. The first kappa shape index (κ1) is 13.0. The third-order valence-corrected chi connectivity index (χ3v) is 3.83. The van der Waals surface area contributed by atoms with Crippen molar-refractivity contribution in [2.45, 2.75) is 18.4 Å². The number of halogens is 1. The van der Waals surface area contributed by atoms with Gasteiger partial charge in [-0.25, -0.2) is 0 Å². The predicted octanol–water partition coefficient (Wildman–Crippen LogP) is 3.21. The zero-order chi connectivity index (χ0) is 14.1. The Morgan fingerprint density at radius 3 is 2.70 bits per heavy atom. The predicted molar refractivity (Wildman–Crippen MR) is 80.9 cm³/mol. The van der Waals surface area contributed by atoms with Gasteiger partial charge in [-0.3, -0.25) is 4.79 Å². The highest BCUT2D eigenvalue weighted by Crippen LogP contribution is 2.40. The van der Waals surface area contributed by atoms with Gasteiger partial charge >= 0.3 is 0 Å². The van der Waals surface area contributed by atoms with E-state index in [-0.39, 0.29) is 11.9 Å². The molecule has 0 heterocycles. The van der Waals surface area contributed by atoms with Crippen molar-refractivity contribution in [1.82, 2.24) is 5.32 Å². The summed E-state index contributed by atoms with van der Waals surface area (Å²) in [6.45, 7) is 0. The van der Waals surface area contributed by atoms with Gasteiger partial charge in [0.05, 0.1) is 5.56 Å². The SMILES string of the molecule is Nc1ccc(Cl)cc1C(=O)NC1CC1c1ccccc1. The first-order valence-electron chi connectivity index (χ1n) is 6.56. The first-order chi connectivity index (χ1) is 9.65. The summed E-state index contributed by atoms with van der Waals surface area (Å²) >= 11 is 5.90. The van der Waals surface area contributed by atoms with Crippen molar-refractivity contribution in [3.05, 3.63) is 64.7 Å². The highest BCUT2D eigenvalue weighted by atomic mass is 35.5. The van der Waals surface area contributed by atoms with Crippen LogP contribution in [0.2, 0.25) is 5.02 Å². The van der Waals surface area contributed by atoms with Crippen LogP contribution in [0.3, 0.4) is 0 Å². The fourth-order valence-electron chi connectivity index (χ4n) is 2.39. The molecule has 0 spiro atoms. The number of nitrogens with two attached hydrogens (primary N) is 1. The van der Waals surface area contributed by atoms with Crippen LogP contribution in [0.15, 0.2) is 48.5 Å². The molecule has 2 aromatic rings. The number of anilines is 1. The van der Waals surface area contributed by atoms with Gasteiger partial charge < -0.3 is 11.1 Å². The van der Waals surface area contributed by atoms with E-state index in [9.17, 15) is 4.79 Å². The molecule has 3 nitrogen and oxygen atoms in total. The molecule has 2 atom stereocenters. The van der Waals surface area contributed by atoms with E-state index in [1.807, 2.05) is 18.2 Å². The molecule has 2 aromatic carbocycles. The van der Waals surface area contributed by atoms with E-state index >= 15 is 0 Å². The summed E-state index contributed by atoms with van der Waals surface area (Å²) in [5.41, 5.74) is 7.96. The minimum Gasteiger partial charge on any atom is -0.398 e. The zero-order valence-electron chi connectivity index (χ0n) is 10.8. The minimum absolute atomic E-state index is 0.159. The van der Waals surface area contributed by atoms with E-state index in [0.29, 0.717) is 22.2 Å². The maximum absolute atomic E-state index is 12.2. The van der Waals surface area contributed by atoms with Crippen LogP contribution >= 0.6 is 11.6 Å². The molecule has 1 fully saturated rings. The van der Waals surface area contributed by atoms with Gasteiger partial charge in [0.25, 0.3) is 5.91 Å². The summed E-state index contributed by atoms with van der Waals surface area (Å²) in [6, 6.07) is 15.3. The van der Waals surface area contributed by atoms with Crippen molar-refractivity contribution in [2.24, 2.45) is 0 Å². The zero-order valence-corrected chi connectivity index (χ0v) is 11.6. The Morgan fingerprint density at radius 1 is 1.20 bits per heavy atom. The van der Waals surface area contributed by atoms with Crippen molar-refractivity contribution < 1.29 is 4.79 Å². The number of carbonyl (C=O) groups is 1. The van der Waals surface area contributed by atoms with Crippen LogP contribution < -0.4 is 11.1 Å². The summed E-state index contributed by atoms with van der Waals surface area (Å²) in [5.74, 6) is 0.244. The molecule has 102 valence electrons. The monoisotopic (exact) mass is 286 g/mol. The maximum Gasteiger partial charge on any atom is 0.253 e. The van der Waals surface area contributed by atoms with Crippen LogP contribution in [0, 0.1) is 0 Å². The molecule has 0 radical (unpaired) electrons. The Balaban J connectivity index is 1.68. The molecule has 3 N–H and O–H groups in total. The topological polar surface area (TPSA) is 55.1 Å². The molecular weight excluding hydrogens is 272 g/mol. The lowest BCUT2D eigenvalue weighted by molar-refractivity contribution is 0.0951. The molecule has 20 heavy (non-hydrogen) atoms. The van der Waals surface area contributed by atoms with Crippen LogP contribution in [0.5, 0.6) is 0 Å². The largest absolute Gasteiger partial charge is 0.398 e. The quantitative estimate of drug-likeness (QED) is 0.851. The number of hydrogen-bond acceptors (Lipinski definition) is 2. The van der Waals surface area contributed by atoms with Gasteiger partial charge in [-0.2, -0.15) is 0 Å². The molecule has 1 amide bonds.